The van der Waals surface area contributed by atoms with Gasteiger partial charge in [0, 0.05) is 19.2 Å². The minimum absolute atomic E-state index is 0.0902. The number of hydrogen-bond acceptors (Lipinski definition) is 3. The van der Waals surface area contributed by atoms with Crippen molar-refractivity contribution < 1.29 is 19.1 Å². The number of carboxylic acids is 1. The number of aromatic nitrogens is 1. The Morgan fingerprint density at radius 3 is 2.57 bits per heavy atom. The van der Waals surface area contributed by atoms with Gasteiger partial charge in [-0.05, 0) is 18.2 Å². The molecule has 0 aliphatic heterocycles. The summed E-state index contributed by atoms with van der Waals surface area (Å²) in [7, 11) is 0. The molecule has 0 saturated heterocycles. The zero-order valence-electron chi connectivity index (χ0n) is 11.0. The van der Waals surface area contributed by atoms with Crippen molar-refractivity contribution in [2.75, 3.05) is 5.32 Å². The van der Waals surface area contributed by atoms with Crippen LogP contribution >= 0.6 is 0 Å². The van der Waals surface area contributed by atoms with E-state index in [4.69, 9.17) is 5.11 Å². The summed E-state index contributed by atoms with van der Waals surface area (Å²) in [4.78, 5) is 33.7. The molecule has 0 fully saturated rings. The molecule has 0 atom stereocenters. The molecule has 1 aromatic carbocycles. The molecular weight excluding hydrogens is 279 g/mol. The van der Waals surface area contributed by atoms with Crippen LogP contribution in [0, 0.1) is 5.82 Å². The molecule has 7 heteroatoms. The van der Waals surface area contributed by atoms with Gasteiger partial charge in [-0.1, -0.05) is 6.07 Å². The predicted octanol–water partition coefficient (Wildman–Crippen LogP) is 1.63. The highest BCUT2D eigenvalue weighted by Crippen LogP contribution is 2.20. The lowest BCUT2D eigenvalue weighted by Gasteiger charge is -2.11. The molecule has 21 heavy (non-hydrogen) atoms. The van der Waals surface area contributed by atoms with Crippen LogP contribution in [0.4, 0.5) is 10.1 Å². The van der Waals surface area contributed by atoms with Crippen LogP contribution in [0.25, 0.3) is 5.69 Å². The van der Waals surface area contributed by atoms with Crippen LogP contribution < -0.4 is 10.9 Å². The van der Waals surface area contributed by atoms with E-state index in [0.29, 0.717) is 0 Å². The van der Waals surface area contributed by atoms with Crippen molar-refractivity contribution in [2.45, 2.75) is 6.92 Å². The van der Waals surface area contributed by atoms with Crippen LogP contribution in [0.15, 0.2) is 41.3 Å². The van der Waals surface area contributed by atoms with Gasteiger partial charge >= 0.3 is 5.97 Å². The van der Waals surface area contributed by atoms with E-state index in [1.807, 2.05) is 0 Å². The van der Waals surface area contributed by atoms with Crippen LogP contribution in [0.3, 0.4) is 0 Å². The summed E-state index contributed by atoms with van der Waals surface area (Å²) in [6, 6.07) is 6.27. The van der Waals surface area contributed by atoms with E-state index in [-0.39, 0.29) is 16.9 Å². The van der Waals surface area contributed by atoms with E-state index in [0.717, 1.165) is 22.9 Å². The maximum atomic E-state index is 14.3. The number of carbonyl (C=O) groups is 2. The number of nitrogens with one attached hydrogen (secondary N) is 1. The summed E-state index contributed by atoms with van der Waals surface area (Å²) < 4.78 is 15.2. The highest BCUT2D eigenvalue weighted by atomic mass is 19.1. The van der Waals surface area contributed by atoms with Gasteiger partial charge in [0.05, 0.1) is 16.9 Å². The Bertz CT molecular complexity index is 783. The first kappa shape index (κ1) is 14.4. The zero-order chi connectivity index (χ0) is 15.6. The lowest BCUT2D eigenvalue weighted by molar-refractivity contribution is -0.114. The molecule has 0 spiro atoms. The molecule has 0 bridgehead atoms. The molecule has 108 valence electrons. The van der Waals surface area contributed by atoms with Crippen molar-refractivity contribution in [3.63, 3.8) is 0 Å². The Labute approximate surface area is 118 Å². The Kier molecular flexibility index (Phi) is 3.84. The van der Waals surface area contributed by atoms with Gasteiger partial charge in [-0.3, -0.25) is 14.2 Å². The monoisotopic (exact) mass is 290 g/mol. The fourth-order valence-corrected chi connectivity index (χ4v) is 1.79. The average Bonchev–Trinajstić information content (AvgIpc) is 2.41. The van der Waals surface area contributed by atoms with Gasteiger partial charge < -0.3 is 10.4 Å². The van der Waals surface area contributed by atoms with Crippen molar-refractivity contribution in [1.82, 2.24) is 4.57 Å². The molecule has 2 N–H and O–H groups in total. The minimum Gasteiger partial charge on any atom is -0.478 e. The van der Waals surface area contributed by atoms with Crippen LogP contribution in [0.2, 0.25) is 0 Å². The molecule has 0 unspecified atom stereocenters. The standard InChI is InChI=1S/C14H11FN2O4/c1-8(18)16-10-3-2-4-11(13(10)15)17-7-9(14(20)21)5-6-12(17)19/h2-7H,1H3,(H,16,18)(H,20,21). The molecule has 0 aliphatic carbocycles. The van der Waals surface area contributed by atoms with Gasteiger partial charge in [0.15, 0.2) is 5.82 Å². The fraction of sp³-hybridized carbons (Fsp3) is 0.0714. The Morgan fingerprint density at radius 1 is 1.24 bits per heavy atom. The van der Waals surface area contributed by atoms with E-state index in [1.165, 1.54) is 25.1 Å². The quantitative estimate of drug-likeness (QED) is 0.899. The number of nitrogens with zero attached hydrogens (tertiary/aromatic N) is 1. The molecule has 0 aliphatic rings. The molecule has 1 aromatic heterocycles. The first-order valence-corrected chi connectivity index (χ1v) is 5.92. The van der Waals surface area contributed by atoms with Gasteiger partial charge in [-0.2, -0.15) is 0 Å². The molecule has 1 amide bonds. The molecule has 2 rings (SSSR count). The Balaban J connectivity index is 2.62. The number of anilines is 1. The molecule has 6 nitrogen and oxygen atoms in total. The van der Waals surface area contributed by atoms with Crippen LogP contribution in [-0.2, 0) is 4.79 Å². The predicted molar refractivity (Wildman–Crippen MR) is 73.3 cm³/mol. The first-order chi connectivity index (χ1) is 9.90. The Morgan fingerprint density at radius 2 is 1.95 bits per heavy atom. The van der Waals surface area contributed by atoms with Crippen molar-refractivity contribution in [3.05, 3.63) is 58.3 Å². The number of carboxylic acid groups (broad SMARTS) is 1. The largest absolute Gasteiger partial charge is 0.478 e. The minimum atomic E-state index is -1.23. The van der Waals surface area contributed by atoms with Crippen molar-refractivity contribution in [2.24, 2.45) is 0 Å². The van der Waals surface area contributed by atoms with Crippen LogP contribution in [0.1, 0.15) is 17.3 Å². The van der Waals surface area contributed by atoms with Crippen molar-refractivity contribution in [1.29, 1.82) is 0 Å². The number of aromatic carboxylic acids is 1. The summed E-state index contributed by atoms with van der Waals surface area (Å²) in [5, 5.41) is 11.2. The number of hydrogen-bond donors (Lipinski definition) is 2. The van der Waals surface area contributed by atoms with Gasteiger partial charge in [0.2, 0.25) is 5.91 Å². The summed E-state index contributed by atoms with van der Waals surface area (Å²) in [5.41, 5.74) is -0.972. The molecule has 0 radical (unpaired) electrons. The zero-order valence-corrected chi connectivity index (χ0v) is 11.0. The number of pyridine rings is 1. The third kappa shape index (κ3) is 2.97. The lowest BCUT2D eigenvalue weighted by atomic mass is 10.2. The molecule has 2 aromatic rings. The maximum absolute atomic E-state index is 14.3. The maximum Gasteiger partial charge on any atom is 0.337 e. The number of amides is 1. The van der Waals surface area contributed by atoms with E-state index < -0.39 is 23.3 Å². The summed E-state index contributed by atoms with van der Waals surface area (Å²) in [6.45, 7) is 1.23. The molecular formula is C14H11FN2O4. The SMILES string of the molecule is CC(=O)Nc1cccc(-n2cc(C(=O)O)ccc2=O)c1F. The number of halogens is 1. The number of rotatable bonds is 3. The normalized spacial score (nSPS) is 10.2. The van der Waals surface area contributed by atoms with Crippen LogP contribution in [-0.4, -0.2) is 21.6 Å². The second-order valence-corrected chi connectivity index (χ2v) is 4.25. The Hall–Kier alpha value is -2.96. The summed E-state index contributed by atoms with van der Waals surface area (Å²) in [5.74, 6) is -2.52. The summed E-state index contributed by atoms with van der Waals surface area (Å²) in [6.07, 6.45) is 1.03. The van der Waals surface area contributed by atoms with Gasteiger partial charge in [-0.25, -0.2) is 9.18 Å². The van der Waals surface area contributed by atoms with E-state index in [2.05, 4.69) is 5.32 Å². The average molecular weight is 290 g/mol. The van der Waals surface area contributed by atoms with Crippen LogP contribution in [0.5, 0.6) is 0 Å². The second kappa shape index (κ2) is 5.58. The third-order valence-corrected chi connectivity index (χ3v) is 2.71. The fourth-order valence-electron chi connectivity index (χ4n) is 1.79. The van der Waals surface area contributed by atoms with E-state index >= 15 is 0 Å². The van der Waals surface area contributed by atoms with E-state index in [1.54, 1.807) is 0 Å². The van der Waals surface area contributed by atoms with Gasteiger partial charge in [-0.15, -0.1) is 0 Å². The third-order valence-electron chi connectivity index (χ3n) is 2.71. The molecule has 0 saturated carbocycles. The highest BCUT2D eigenvalue weighted by Gasteiger charge is 2.13. The first-order valence-electron chi connectivity index (χ1n) is 5.92. The highest BCUT2D eigenvalue weighted by molar-refractivity contribution is 5.89. The van der Waals surface area contributed by atoms with Crippen molar-refractivity contribution in [3.8, 4) is 5.69 Å². The van der Waals surface area contributed by atoms with Gasteiger partial charge in [0.1, 0.15) is 0 Å². The topological polar surface area (TPSA) is 88.4 Å². The molecule has 1 heterocycles. The number of carbonyl (C=O) groups excluding carboxylic acids is 1. The summed E-state index contributed by atoms with van der Waals surface area (Å²) >= 11 is 0. The van der Waals surface area contributed by atoms with E-state index in [9.17, 15) is 18.8 Å². The number of benzene rings is 1. The van der Waals surface area contributed by atoms with Crippen molar-refractivity contribution >= 4 is 17.6 Å². The lowest BCUT2D eigenvalue weighted by Crippen LogP contribution is -2.20. The smallest absolute Gasteiger partial charge is 0.337 e. The van der Waals surface area contributed by atoms with Gasteiger partial charge in [0.25, 0.3) is 5.56 Å². The second-order valence-electron chi connectivity index (χ2n) is 4.25.